The summed E-state index contributed by atoms with van der Waals surface area (Å²) in [7, 11) is 0. The van der Waals surface area contributed by atoms with Gasteiger partial charge in [0.05, 0.1) is 0 Å². The van der Waals surface area contributed by atoms with Crippen LogP contribution in [0.25, 0.3) is 0 Å². The van der Waals surface area contributed by atoms with Gasteiger partial charge in [0.2, 0.25) is 0 Å². The monoisotopic (exact) mass is 363 g/mol. The van der Waals surface area contributed by atoms with E-state index >= 15 is 0 Å². The summed E-state index contributed by atoms with van der Waals surface area (Å²) in [4.78, 5) is 12.0. The van der Waals surface area contributed by atoms with E-state index < -0.39 is 0 Å². The minimum atomic E-state index is -0.334. The molecule has 138 valence electrons. The Morgan fingerprint density at radius 1 is 0.852 bits per heavy atom. The van der Waals surface area contributed by atoms with Gasteiger partial charge in [0, 0.05) is 12.5 Å². The highest BCUT2D eigenvalue weighted by Gasteiger charge is 2.14. The number of ether oxygens (including phenoxy) is 1. The Hall–Kier alpha value is -3.14. The van der Waals surface area contributed by atoms with E-state index in [2.05, 4.69) is 29.6 Å². The molecule has 0 aliphatic carbocycles. The summed E-state index contributed by atoms with van der Waals surface area (Å²) in [6.45, 7) is 0.451. The predicted octanol–water partition coefficient (Wildman–Crippen LogP) is 4.54. The third kappa shape index (κ3) is 5.68. The molecule has 0 aliphatic rings. The van der Waals surface area contributed by atoms with Crippen molar-refractivity contribution in [1.29, 1.82) is 0 Å². The smallest absolute Gasteiger partial charge is 0.257 e. The number of carbonyl (C=O) groups is 1. The molecule has 1 N–H and O–H groups in total. The van der Waals surface area contributed by atoms with Crippen LogP contribution in [-0.2, 0) is 4.79 Å². The van der Waals surface area contributed by atoms with E-state index in [0.29, 0.717) is 12.3 Å². The molecule has 0 atom stereocenters. The van der Waals surface area contributed by atoms with Crippen LogP contribution in [0.3, 0.4) is 0 Å². The normalized spacial score (nSPS) is 10.6. The molecule has 27 heavy (non-hydrogen) atoms. The number of halogens is 1. The lowest BCUT2D eigenvalue weighted by atomic mass is 9.88. The number of benzene rings is 3. The lowest BCUT2D eigenvalue weighted by Gasteiger charge is -2.18. The summed E-state index contributed by atoms with van der Waals surface area (Å²) in [5.74, 6) is 0.155. The Morgan fingerprint density at radius 2 is 1.41 bits per heavy atom. The first kappa shape index (κ1) is 18.6. The summed E-state index contributed by atoms with van der Waals surface area (Å²) in [6, 6.07) is 26.2. The number of hydrogen-bond acceptors (Lipinski definition) is 2. The lowest BCUT2D eigenvalue weighted by Crippen LogP contribution is -2.30. The fourth-order valence-corrected chi connectivity index (χ4v) is 2.98. The maximum Gasteiger partial charge on any atom is 0.257 e. The molecule has 0 fully saturated rings. The Labute approximate surface area is 158 Å². The Morgan fingerprint density at radius 3 is 1.96 bits per heavy atom. The summed E-state index contributed by atoms with van der Waals surface area (Å²) < 4.78 is 18.2. The maximum atomic E-state index is 12.9. The number of hydrogen-bond donors (Lipinski definition) is 1. The third-order valence-corrected chi connectivity index (χ3v) is 4.34. The van der Waals surface area contributed by atoms with Crippen LogP contribution < -0.4 is 10.1 Å². The maximum absolute atomic E-state index is 12.9. The summed E-state index contributed by atoms with van der Waals surface area (Å²) >= 11 is 0. The molecule has 0 bridgehead atoms. The Balaban J connectivity index is 1.53. The quantitative estimate of drug-likeness (QED) is 0.638. The molecule has 4 heteroatoms. The van der Waals surface area contributed by atoms with E-state index in [-0.39, 0.29) is 24.2 Å². The summed E-state index contributed by atoms with van der Waals surface area (Å²) in [5.41, 5.74) is 2.45. The average Bonchev–Trinajstić information content (AvgIpc) is 2.72. The highest BCUT2D eigenvalue weighted by Crippen LogP contribution is 2.27. The van der Waals surface area contributed by atoms with Crippen LogP contribution in [0.4, 0.5) is 4.39 Å². The molecule has 3 rings (SSSR count). The third-order valence-electron chi connectivity index (χ3n) is 4.34. The van der Waals surface area contributed by atoms with Crippen LogP contribution in [0, 0.1) is 5.82 Å². The standard InChI is InChI=1S/C23H22FNO2/c24-20-11-13-21(14-12-20)27-17-23(26)25-16-15-22(18-7-3-1-4-8-18)19-9-5-2-6-10-19/h1-14,22H,15-17H2,(H,25,26). The van der Waals surface area contributed by atoms with Crippen molar-refractivity contribution in [2.24, 2.45) is 0 Å². The van der Waals surface area contributed by atoms with Gasteiger partial charge in [0.1, 0.15) is 11.6 Å². The molecule has 3 aromatic rings. The van der Waals surface area contributed by atoms with E-state index in [0.717, 1.165) is 6.42 Å². The van der Waals surface area contributed by atoms with Crippen molar-refractivity contribution in [3.8, 4) is 5.75 Å². The van der Waals surface area contributed by atoms with Crippen molar-refractivity contribution in [2.45, 2.75) is 12.3 Å². The van der Waals surface area contributed by atoms with Gasteiger partial charge in [-0.25, -0.2) is 4.39 Å². The van der Waals surface area contributed by atoms with Gasteiger partial charge in [-0.15, -0.1) is 0 Å². The topological polar surface area (TPSA) is 38.3 Å². The zero-order chi connectivity index (χ0) is 18.9. The van der Waals surface area contributed by atoms with E-state index in [4.69, 9.17) is 4.74 Å². The summed E-state index contributed by atoms with van der Waals surface area (Å²) in [5, 5.41) is 2.90. The molecular weight excluding hydrogens is 341 g/mol. The molecule has 1 amide bonds. The van der Waals surface area contributed by atoms with Gasteiger partial charge in [0.25, 0.3) is 5.91 Å². The predicted molar refractivity (Wildman–Crippen MR) is 104 cm³/mol. The van der Waals surface area contributed by atoms with E-state index in [1.165, 1.54) is 35.4 Å². The van der Waals surface area contributed by atoms with Gasteiger partial charge in [0.15, 0.2) is 6.61 Å². The second-order valence-corrected chi connectivity index (χ2v) is 6.26. The van der Waals surface area contributed by atoms with E-state index in [1.54, 1.807) is 0 Å². The Bertz CT molecular complexity index is 796. The zero-order valence-corrected chi connectivity index (χ0v) is 15.0. The SMILES string of the molecule is O=C(COc1ccc(F)cc1)NCCC(c1ccccc1)c1ccccc1. The minimum Gasteiger partial charge on any atom is -0.484 e. The van der Waals surface area contributed by atoms with Gasteiger partial charge < -0.3 is 10.1 Å². The van der Waals surface area contributed by atoms with E-state index in [9.17, 15) is 9.18 Å². The fourth-order valence-electron chi connectivity index (χ4n) is 2.98. The number of carbonyl (C=O) groups excluding carboxylic acids is 1. The second-order valence-electron chi connectivity index (χ2n) is 6.26. The van der Waals surface area contributed by atoms with Crippen molar-refractivity contribution < 1.29 is 13.9 Å². The second kappa shape index (κ2) is 9.53. The molecule has 3 aromatic carbocycles. The van der Waals surface area contributed by atoms with Crippen molar-refractivity contribution in [1.82, 2.24) is 5.32 Å². The minimum absolute atomic E-state index is 0.0903. The molecular formula is C23H22FNO2. The van der Waals surface area contributed by atoms with Crippen molar-refractivity contribution in [3.63, 3.8) is 0 Å². The van der Waals surface area contributed by atoms with Gasteiger partial charge in [-0.2, -0.15) is 0 Å². The highest BCUT2D eigenvalue weighted by molar-refractivity contribution is 5.77. The van der Waals surface area contributed by atoms with Gasteiger partial charge >= 0.3 is 0 Å². The number of rotatable bonds is 8. The van der Waals surface area contributed by atoms with Crippen LogP contribution in [-0.4, -0.2) is 19.1 Å². The van der Waals surface area contributed by atoms with Gasteiger partial charge in [-0.3, -0.25) is 4.79 Å². The Kier molecular flexibility index (Phi) is 6.58. The highest BCUT2D eigenvalue weighted by atomic mass is 19.1. The molecule has 0 heterocycles. The van der Waals surface area contributed by atoms with E-state index in [1.807, 2.05) is 36.4 Å². The first-order chi connectivity index (χ1) is 13.2. The molecule has 3 nitrogen and oxygen atoms in total. The molecule has 0 saturated carbocycles. The van der Waals surface area contributed by atoms with Crippen LogP contribution in [0.2, 0.25) is 0 Å². The first-order valence-electron chi connectivity index (χ1n) is 8.97. The summed E-state index contributed by atoms with van der Waals surface area (Å²) in [6.07, 6.45) is 0.788. The fraction of sp³-hybridized carbons (Fsp3) is 0.174. The first-order valence-corrected chi connectivity index (χ1v) is 8.97. The van der Waals surface area contributed by atoms with Crippen LogP contribution in [0.15, 0.2) is 84.9 Å². The molecule has 0 aromatic heterocycles. The van der Waals surface area contributed by atoms with Crippen LogP contribution in [0.1, 0.15) is 23.5 Å². The zero-order valence-electron chi connectivity index (χ0n) is 15.0. The largest absolute Gasteiger partial charge is 0.484 e. The van der Waals surface area contributed by atoms with Crippen molar-refractivity contribution in [3.05, 3.63) is 102 Å². The van der Waals surface area contributed by atoms with Crippen molar-refractivity contribution >= 4 is 5.91 Å². The molecule has 0 aliphatic heterocycles. The molecule has 0 unspecified atom stereocenters. The van der Waals surface area contributed by atoms with Crippen LogP contribution in [0.5, 0.6) is 5.75 Å². The number of amides is 1. The number of nitrogens with one attached hydrogen (secondary N) is 1. The average molecular weight is 363 g/mol. The lowest BCUT2D eigenvalue weighted by molar-refractivity contribution is -0.123. The molecule has 0 saturated heterocycles. The van der Waals surface area contributed by atoms with Crippen molar-refractivity contribution in [2.75, 3.05) is 13.2 Å². The molecule has 0 radical (unpaired) electrons. The molecule has 0 spiro atoms. The van der Waals surface area contributed by atoms with Gasteiger partial charge in [-0.05, 0) is 41.8 Å². The van der Waals surface area contributed by atoms with Gasteiger partial charge in [-0.1, -0.05) is 60.7 Å². The van der Waals surface area contributed by atoms with Crippen LogP contribution >= 0.6 is 0 Å².